The van der Waals surface area contributed by atoms with Gasteiger partial charge in [0.15, 0.2) is 5.75 Å². The highest BCUT2D eigenvalue weighted by atomic mass is 19.4. The smallest absolute Gasteiger partial charge is 0.424 e. The number of nitrogens with two attached hydrogens (primary N) is 1. The third kappa shape index (κ3) is 5.46. The Hall–Kier alpha value is -4.33. The van der Waals surface area contributed by atoms with Crippen molar-refractivity contribution < 1.29 is 42.0 Å². The van der Waals surface area contributed by atoms with Crippen molar-refractivity contribution in [2.75, 3.05) is 20.3 Å². The van der Waals surface area contributed by atoms with Gasteiger partial charge in [0.25, 0.3) is 5.91 Å². The van der Waals surface area contributed by atoms with Crippen molar-refractivity contribution in [3.63, 3.8) is 0 Å². The lowest BCUT2D eigenvalue weighted by molar-refractivity contribution is -0.265. The van der Waals surface area contributed by atoms with Crippen molar-refractivity contribution in [3.05, 3.63) is 82.9 Å². The van der Waals surface area contributed by atoms with E-state index >= 15 is 0 Å². The van der Waals surface area contributed by atoms with Gasteiger partial charge in [0.1, 0.15) is 29.4 Å². The number of amides is 1. The number of pyridine rings is 2. The predicted octanol–water partition coefficient (Wildman–Crippen LogP) is 4.24. The molecule has 0 aliphatic carbocycles. The fourth-order valence-electron chi connectivity index (χ4n) is 4.80. The van der Waals surface area contributed by atoms with E-state index in [0.29, 0.717) is 16.6 Å². The SMILES string of the molecule is COc1cc(C(=O)NC[C@@](O)(c2cc3c(c(-c4ccc(F)cc4)n2)OC[C@@]3(C)N)C(F)(F)F)cc2ccc(C(C)O)nc12. The number of ether oxygens (including phenoxy) is 2. The molecule has 0 saturated heterocycles. The van der Waals surface area contributed by atoms with Crippen molar-refractivity contribution in [2.45, 2.75) is 37.3 Å². The molecule has 3 heterocycles. The van der Waals surface area contributed by atoms with Gasteiger partial charge in [-0.25, -0.2) is 14.4 Å². The number of nitrogens with zero attached hydrogens (tertiary/aromatic N) is 2. The lowest BCUT2D eigenvalue weighted by atomic mass is 9.89. The molecule has 1 aliphatic heterocycles. The summed E-state index contributed by atoms with van der Waals surface area (Å²) in [7, 11) is 1.34. The monoisotopic (exact) mass is 600 g/mol. The Labute approximate surface area is 243 Å². The molecule has 0 saturated carbocycles. The van der Waals surface area contributed by atoms with Crippen LogP contribution in [0.2, 0.25) is 0 Å². The zero-order chi connectivity index (χ0) is 31.3. The van der Waals surface area contributed by atoms with E-state index in [9.17, 15) is 32.6 Å². The number of carbonyl (C=O) groups excluding carboxylic acids is 1. The summed E-state index contributed by atoms with van der Waals surface area (Å²) in [5, 5.41) is 23.6. The number of nitrogens with one attached hydrogen (secondary N) is 1. The first-order valence-corrected chi connectivity index (χ1v) is 13.1. The molecule has 1 aliphatic rings. The van der Waals surface area contributed by atoms with E-state index in [-0.39, 0.29) is 40.5 Å². The number of methoxy groups -OCH3 is 1. The molecule has 0 radical (unpaired) electrons. The van der Waals surface area contributed by atoms with Gasteiger partial charge in [-0.05, 0) is 62.4 Å². The number of aliphatic hydroxyl groups excluding tert-OH is 1. The Bertz CT molecular complexity index is 1710. The fourth-order valence-corrected chi connectivity index (χ4v) is 4.80. The highest BCUT2D eigenvalue weighted by Gasteiger charge is 2.57. The second-order valence-corrected chi connectivity index (χ2v) is 10.6. The summed E-state index contributed by atoms with van der Waals surface area (Å²) in [5.74, 6) is -1.23. The number of carbonyl (C=O) groups is 1. The Morgan fingerprint density at radius 3 is 2.49 bits per heavy atom. The number of rotatable bonds is 7. The molecule has 9 nitrogen and oxygen atoms in total. The number of halogens is 4. The van der Waals surface area contributed by atoms with Crippen LogP contribution in [0.1, 0.15) is 47.3 Å². The van der Waals surface area contributed by atoms with E-state index in [4.69, 9.17) is 15.2 Å². The van der Waals surface area contributed by atoms with Crippen LogP contribution in [0.25, 0.3) is 22.2 Å². The van der Waals surface area contributed by atoms with E-state index in [1.54, 1.807) is 19.1 Å². The molecule has 5 rings (SSSR count). The number of fused-ring (bicyclic) bond motifs is 2. The molecule has 0 spiro atoms. The van der Waals surface area contributed by atoms with Crippen molar-refractivity contribution in [2.24, 2.45) is 5.73 Å². The van der Waals surface area contributed by atoms with Gasteiger partial charge in [-0.15, -0.1) is 0 Å². The maximum absolute atomic E-state index is 14.6. The largest absolute Gasteiger partial charge is 0.494 e. The molecule has 226 valence electrons. The fraction of sp³-hybridized carbons (Fsp3) is 0.300. The Morgan fingerprint density at radius 1 is 1.16 bits per heavy atom. The maximum atomic E-state index is 14.6. The van der Waals surface area contributed by atoms with E-state index in [1.807, 2.05) is 0 Å². The topological polar surface area (TPSA) is 140 Å². The summed E-state index contributed by atoms with van der Waals surface area (Å²) in [6, 6.07) is 11.7. The van der Waals surface area contributed by atoms with Gasteiger partial charge in [0.05, 0.1) is 36.7 Å². The Morgan fingerprint density at radius 2 is 1.86 bits per heavy atom. The summed E-state index contributed by atoms with van der Waals surface area (Å²) in [6.07, 6.45) is -6.16. The number of benzene rings is 2. The zero-order valence-electron chi connectivity index (χ0n) is 23.3. The molecular weight excluding hydrogens is 572 g/mol. The molecule has 4 aromatic rings. The molecule has 0 fully saturated rings. The predicted molar refractivity (Wildman–Crippen MR) is 148 cm³/mol. The van der Waals surface area contributed by atoms with Crippen LogP contribution in [-0.4, -0.2) is 52.5 Å². The molecule has 1 amide bonds. The van der Waals surface area contributed by atoms with Gasteiger partial charge in [0.2, 0.25) is 5.60 Å². The number of hydrogen-bond donors (Lipinski definition) is 4. The number of aromatic nitrogens is 2. The average Bonchev–Trinajstić information content (AvgIpc) is 3.28. The highest BCUT2D eigenvalue weighted by molar-refractivity contribution is 6.00. The van der Waals surface area contributed by atoms with Gasteiger partial charge < -0.3 is 30.7 Å². The minimum absolute atomic E-state index is 0.0580. The number of alkyl halides is 3. The zero-order valence-corrected chi connectivity index (χ0v) is 23.3. The number of hydrogen-bond acceptors (Lipinski definition) is 8. The van der Waals surface area contributed by atoms with Crippen LogP contribution >= 0.6 is 0 Å². The molecule has 2 aromatic heterocycles. The van der Waals surface area contributed by atoms with Crippen LogP contribution in [-0.2, 0) is 11.1 Å². The van der Waals surface area contributed by atoms with Crippen LogP contribution in [0.4, 0.5) is 17.6 Å². The Kier molecular flexibility index (Phi) is 7.53. The van der Waals surface area contributed by atoms with Gasteiger partial charge in [-0.2, -0.15) is 13.2 Å². The van der Waals surface area contributed by atoms with Crippen LogP contribution in [0.15, 0.2) is 54.6 Å². The quantitative estimate of drug-likeness (QED) is 0.231. The summed E-state index contributed by atoms with van der Waals surface area (Å²) in [5.41, 5.74) is 1.57. The van der Waals surface area contributed by atoms with Crippen LogP contribution in [0.5, 0.6) is 11.5 Å². The molecule has 13 heteroatoms. The number of aliphatic hydroxyl groups is 2. The van der Waals surface area contributed by atoms with E-state index in [2.05, 4.69) is 15.3 Å². The average molecular weight is 601 g/mol. The van der Waals surface area contributed by atoms with Crippen molar-refractivity contribution in [1.29, 1.82) is 0 Å². The molecule has 5 N–H and O–H groups in total. The minimum atomic E-state index is -5.30. The maximum Gasteiger partial charge on any atom is 0.424 e. The van der Waals surface area contributed by atoms with Gasteiger partial charge in [-0.1, -0.05) is 6.07 Å². The molecule has 43 heavy (non-hydrogen) atoms. The van der Waals surface area contributed by atoms with Gasteiger partial charge in [0, 0.05) is 22.1 Å². The normalized spacial score (nSPS) is 18.5. The third-order valence-electron chi connectivity index (χ3n) is 7.31. The standard InChI is InChI=1S/C30H28F4N4O5/c1-15(39)21-9-6-17-10-18(11-22(42-3)24(17)37-21)27(40)36-13-29(41,30(32,33)34)23-12-20-26(43-14-28(20,2)35)25(38-23)16-4-7-19(31)8-5-16/h4-12,15,39,41H,13-14,35H2,1-3H3,(H,36,40)/t15?,28-,29-/m1/s1. The first-order valence-electron chi connectivity index (χ1n) is 13.1. The summed E-state index contributed by atoms with van der Waals surface area (Å²) in [4.78, 5) is 21.6. The van der Waals surface area contributed by atoms with Crippen molar-refractivity contribution >= 4 is 16.8 Å². The molecule has 3 atom stereocenters. The van der Waals surface area contributed by atoms with Crippen LogP contribution in [0, 0.1) is 5.82 Å². The summed E-state index contributed by atoms with van der Waals surface area (Å²) >= 11 is 0. The van der Waals surface area contributed by atoms with Crippen molar-refractivity contribution in [1.82, 2.24) is 15.3 Å². The van der Waals surface area contributed by atoms with Crippen molar-refractivity contribution in [3.8, 4) is 22.8 Å². The van der Waals surface area contributed by atoms with Crippen LogP contribution < -0.4 is 20.5 Å². The van der Waals surface area contributed by atoms with E-state index < -0.39 is 47.4 Å². The highest BCUT2D eigenvalue weighted by Crippen LogP contribution is 2.46. The second kappa shape index (κ2) is 10.7. The van der Waals surface area contributed by atoms with E-state index in [0.717, 1.165) is 18.2 Å². The lowest BCUT2D eigenvalue weighted by Crippen LogP contribution is -2.51. The summed E-state index contributed by atoms with van der Waals surface area (Å²) in [6.45, 7) is 1.72. The van der Waals surface area contributed by atoms with Crippen LogP contribution in [0.3, 0.4) is 0 Å². The van der Waals surface area contributed by atoms with Gasteiger partial charge in [-0.3, -0.25) is 4.79 Å². The van der Waals surface area contributed by atoms with Gasteiger partial charge >= 0.3 is 6.18 Å². The van der Waals surface area contributed by atoms with E-state index in [1.165, 1.54) is 38.3 Å². The first-order chi connectivity index (χ1) is 20.1. The first kappa shape index (κ1) is 30.1. The molecule has 2 aromatic carbocycles. The second-order valence-electron chi connectivity index (χ2n) is 10.6. The molecular formula is C30H28F4N4O5. The minimum Gasteiger partial charge on any atom is -0.494 e. The Balaban J connectivity index is 1.54. The molecule has 0 bridgehead atoms. The third-order valence-corrected chi connectivity index (χ3v) is 7.31. The molecule has 1 unspecified atom stereocenters. The summed E-state index contributed by atoms with van der Waals surface area (Å²) < 4.78 is 68.4. The lowest BCUT2D eigenvalue weighted by Gasteiger charge is -2.31.